The van der Waals surface area contributed by atoms with Gasteiger partial charge in [0.05, 0.1) is 6.10 Å². The van der Waals surface area contributed by atoms with Gasteiger partial charge in [-0.3, -0.25) is 4.79 Å². The van der Waals surface area contributed by atoms with Crippen molar-refractivity contribution in [1.82, 2.24) is 0 Å². The van der Waals surface area contributed by atoms with Crippen LogP contribution in [-0.2, 0) is 0 Å². The van der Waals surface area contributed by atoms with Gasteiger partial charge in [0.1, 0.15) is 18.6 Å². The zero-order chi connectivity index (χ0) is 18.0. The molecule has 0 radical (unpaired) electrons. The third kappa shape index (κ3) is 6.81. The van der Waals surface area contributed by atoms with Crippen molar-refractivity contribution in [3.05, 3.63) is 29.8 Å². The van der Waals surface area contributed by atoms with Gasteiger partial charge in [-0.05, 0) is 42.5 Å². The number of rotatable bonds is 5. The van der Waals surface area contributed by atoms with E-state index in [-0.39, 0.29) is 5.41 Å². The minimum Gasteiger partial charge on any atom is -0.491 e. The Morgan fingerprint density at radius 3 is 1.92 bits per heavy atom. The van der Waals surface area contributed by atoms with Crippen LogP contribution in [-0.4, -0.2) is 24.1 Å². The lowest BCUT2D eigenvalue weighted by molar-refractivity contribution is -0.0116. The quantitative estimate of drug-likeness (QED) is 0.711. The molecule has 1 fully saturated rings. The third-order valence-electron chi connectivity index (χ3n) is 5.72. The number of aldehydes is 1. The lowest BCUT2D eigenvalue weighted by Crippen LogP contribution is -2.37. The van der Waals surface area contributed by atoms with Crippen LogP contribution in [0.4, 0.5) is 0 Å². The first-order chi connectivity index (χ1) is 12.1. The summed E-state index contributed by atoms with van der Waals surface area (Å²) in [4.78, 5) is 10.7. The fourth-order valence-electron chi connectivity index (χ4n) is 3.77. The molecule has 0 aliphatic heterocycles. The van der Waals surface area contributed by atoms with Crippen molar-refractivity contribution in [2.24, 2.45) is 5.41 Å². The monoisotopic (exact) mass is 346 g/mol. The summed E-state index contributed by atoms with van der Waals surface area (Å²) in [6, 6.07) is 7.07. The number of hydrogen-bond acceptors (Lipinski definition) is 3. The van der Waals surface area contributed by atoms with Gasteiger partial charge in [0.15, 0.2) is 0 Å². The van der Waals surface area contributed by atoms with Gasteiger partial charge in [-0.25, -0.2) is 0 Å². The van der Waals surface area contributed by atoms with Crippen molar-refractivity contribution >= 4 is 6.29 Å². The lowest BCUT2D eigenvalue weighted by atomic mass is 9.75. The molecule has 0 heterocycles. The topological polar surface area (TPSA) is 46.5 Å². The van der Waals surface area contributed by atoms with Crippen molar-refractivity contribution in [2.45, 2.75) is 83.7 Å². The Labute approximate surface area is 152 Å². The second-order valence-corrected chi connectivity index (χ2v) is 7.85. The summed E-state index contributed by atoms with van der Waals surface area (Å²) in [6.07, 6.45) is 14.2. The normalized spacial score (nSPS) is 20.7. The first kappa shape index (κ1) is 20.0. The number of aliphatic hydroxyl groups is 1. The molecule has 0 bridgehead atoms. The summed E-state index contributed by atoms with van der Waals surface area (Å²) < 4.78 is 5.79. The van der Waals surface area contributed by atoms with Gasteiger partial charge in [0.2, 0.25) is 0 Å². The maximum absolute atomic E-state index is 10.8. The highest BCUT2D eigenvalue weighted by Gasteiger charge is 2.32. The van der Waals surface area contributed by atoms with E-state index in [0.29, 0.717) is 17.9 Å². The molecule has 1 unspecified atom stereocenters. The molecule has 3 nitrogen and oxygen atoms in total. The molecule has 1 atom stereocenters. The van der Waals surface area contributed by atoms with Crippen LogP contribution in [0.2, 0.25) is 0 Å². The van der Waals surface area contributed by atoms with Crippen LogP contribution >= 0.6 is 0 Å². The summed E-state index contributed by atoms with van der Waals surface area (Å²) in [5, 5.41) is 10.8. The Hall–Kier alpha value is -1.35. The van der Waals surface area contributed by atoms with Gasteiger partial charge in [-0.1, -0.05) is 64.7 Å². The fourth-order valence-corrected chi connectivity index (χ4v) is 3.77. The molecule has 1 saturated carbocycles. The SMILES string of the molecule is CC1(C(O)COc2ccc(C=O)cc2)CCCCCCCCCCC1. The first-order valence-electron chi connectivity index (χ1n) is 10.0. The van der Waals surface area contributed by atoms with E-state index in [1.54, 1.807) is 24.3 Å². The van der Waals surface area contributed by atoms with Crippen LogP contribution in [0.25, 0.3) is 0 Å². The Bertz CT molecular complexity index is 482. The maximum Gasteiger partial charge on any atom is 0.150 e. The zero-order valence-electron chi connectivity index (χ0n) is 15.7. The fraction of sp³-hybridized carbons (Fsp3) is 0.682. The van der Waals surface area contributed by atoms with Crippen LogP contribution in [0.3, 0.4) is 0 Å². The summed E-state index contributed by atoms with van der Waals surface area (Å²) >= 11 is 0. The minimum absolute atomic E-state index is 0.0675. The van der Waals surface area contributed by atoms with Crippen LogP contribution < -0.4 is 4.74 Å². The molecule has 1 aliphatic rings. The smallest absolute Gasteiger partial charge is 0.150 e. The molecule has 0 aromatic heterocycles. The second-order valence-electron chi connectivity index (χ2n) is 7.85. The summed E-state index contributed by atoms with van der Waals surface area (Å²) in [7, 11) is 0. The van der Waals surface area contributed by atoms with Crippen LogP contribution in [0.1, 0.15) is 87.9 Å². The summed E-state index contributed by atoms with van der Waals surface area (Å²) in [5.41, 5.74) is 0.571. The molecule has 140 valence electrons. The highest BCUT2D eigenvalue weighted by molar-refractivity contribution is 5.74. The highest BCUT2D eigenvalue weighted by Crippen LogP contribution is 2.36. The second kappa shape index (κ2) is 10.6. The molecule has 1 aromatic carbocycles. The number of carbonyl (C=O) groups is 1. The molecule has 2 rings (SSSR count). The number of aliphatic hydroxyl groups excluding tert-OH is 1. The average molecular weight is 347 g/mol. The number of benzene rings is 1. The molecule has 0 amide bonds. The van der Waals surface area contributed by atoms with Crippen molar-refractivity contribution in [2.75, 3.05) is 6.61 Å². The molecule has 1 aliphatic carbocycles. The first-order valence-corrected chi connectivity index (χ1v) is 10.0. The van der Waals surface area contributed by atoms with Crippen molar-refractivity contribution in [3.63, 3.8) is 0 Å². The van der Waals surface area contributed by atoms with Gasteiger partial charge in [-0.2, -0.15) is 0 Å². The molecule has 3 heteroatoms. The predicted molar refractivity (Wildman–Crippen MR) is 102 cm³/mol. The largest absolute Gasteiger partial charge is 0.491 e. The Balaban J connectivity index is 1.89. The number of carbonyl (C=O) groups excluding carboxylic acids is 1. The molecule has 1 N–H and O–H groups in total. The van der Waals surface area contributed by atoms with Crippen molar-refractivity contribution in [3.8, 4) is 5.75 Å². The number of ether oxygens (including phenoxy) is 1. The zero-order valence-corrected chi connectivity index (χ0v) is 15.7. The Morgan fingerprint density at radius 2 is 1.44 bits per heavy atom. The van der Waals surface area contributed by atoms with E-state index in [0.717, 1.165) is 19.1 Å². The molecular formula is C22H34O3. The summed E-state index contributed by atoms with van der Waals surface area (Å²) in [5.74, 6) is 0.710. The molecular weight excluding hydrogens is 312 g/mol. The van der Waals surface area contributed by atoms with E-state index in [1.165, 1.54) is 57.8 Å². The lowest BCUT2D eigenvalue weighted by Gasteiger charge is -2.35. The van der Waals surface area contributed by atoms with Gasteiger partial charge in [0.25, 0.3) is 0 Å². The van der Waals surface area contributed by atoms with E-state index in [1.807, 2.05) is 0 Å². The molecule has 25 heavy (non-hydrogen) atoms. The minimum atomic E-state index is -0.457. The van der Waals surface area contributed by atoms with Crippen LogP contribution in [0.5, 0.6) is 5.75 Å². The van der Waals surface area contributed by atoms with E-state index in [4.69, 9.17) is 4.74 Å². The number of hydrogen-bond donors (Lipinski definition) is 1. The standard InChI is InChI=1S/C22H34O3/c1-22(15-9-7-5-3-2-4-6-8-10-16-22)21(24)18-25-20-13-11-19(17-23)12-14-20/h11-14,17,21,24H,2-10,15-16,18H2,1H3. The molecule has 0 spiro atoms. The van der Waals surface area contributed by atoms with Crippen molar-refractivity contribution < 1.29 is 14.6 Å². The van der Waals surface area contributed by atoms with Gasteiger partial charge in [-0.15, -0.1) is 0 Å². The average Bonchev–Trinajstić information content (AvgIpc) is 2.63. The Morgan fingerprint density at radius 1 is 0.960 bits per heavy atom. The maximum atomic E-state index is 10.8. The van der Waals surface area contributed by atoms with Gasteiger partial charge >= 0.3 is 0 Å². The summed E-state index contributed by atoms with van der Waals surface area (Å²) in [6.45, 7) is 2.54. The molecule has 0 saturated heterocycles. The third-order valence-corrected chi connectivity index (χ3v) is 5.72. The predicted octanol–water partition coefficient (Wildman–Crippen LogP) is 5.55. The van der Waals surface area contributed by atoms with Crippen molar-refractivity contribution in [1.29, 1.82) is 0 Å². The molecule has 1 aromatic rings. The Kier molecular flexibility index (Phi) is 8.47. The van der Waals surface area contributed by atoms with Gasteiger partial charge in [0, 0.05) is 5.56 Å². The van der Waals surface area contributed by atoms with E-state index in [2.05, 4.69) is 6.92 Å². The highest BCUT2D eigenvalue weighted by atomic mass is 16.5. The van der Waals surface area contributed by atoms with Gasteiger partial charge < -0.3 is 9.84 Å². The van der Waals surface area contributed by atoms with E-state index >= 15 is 0 Å². The van der Waals surface area contributed by atoms with Crippen LogP contribution in [0, 0.1) is 5.41 Å². The van der Waals surface area contributed by atoms with E-state index < -0.39 is 6.10 Å². The van der Waals surface area contributed by atoms with E-state index in [9.17, 15) is 9.90 Å². The van der Waals surface area contributed by atoms with Crippen LogP contribution in [0.15, 0.2) is 24.3 Å².